The van der Waals surface area contributed by atoms with Crippen molar-refractivity contribution in [2.24, 2.45) is 5.92 Å². The fourth-order valence-electron chi connectivity index (χ4n) is 5.18. The van der Waals surface area contributed by atoms with E-state index in [0.29, 0.717) is 17.9 Å². The lowest BCUT2D eigenvalue weighted by Gasteiger charge is -2.56. The molecule has 0 aliphatic rings. The van der Waals surface area contributed by atoms with Gasteiger partial charge in [-0.1, -0.05) is 50.2 Å². The monoisotopic (exact) mass is 454 g/mol. The molecule has 0 aromatic heterocycles. The van der Waals surface area contributed by atoms with Crippen molar-refractivity contribution in [3.8, 4) is 17.6 Å². The van der Waals surface area contributed by atoms with Gasteiger partial charge in [0.15, 0.2) is 17.3 Å². The molecule has 0 fully saturated rings. The van der Waals surface area contributed by atoms with Crippen LogP contribution in [0.1, 0.15) is 38.3 Å². The lowest BCUT2D eigenvalue weighted by Crippen LogP contribution is -2.74. The van der Waals surface area contributed by atoms with Gasteiger partial charge < -0.3 is 24.3 Å². The highest BCUT2D eigenvalue weighted by atomic mass is 16.7. The Morgan fingerprint density at radius 3 is 2.00 bits per heavy atom. The van der Waals surface area contributed by atoms with E-state index in [9.17, 15) is 5.26 Å². The van der Waals surface area contributed by atoms with Crippen molar-refractivity contribution in [1.82, 2.24) is 5.32 Å². The molecule has 1 N–H and O–H groups in total. The van der Waals surface area contributed by atoms with E-state index >= 15 is 0 Å². The molecule has 180 valence electrons. The fraction of sp³-hybridized carbons (Fsp3) is 0.519. The van der Waals surface area contributed by atoms with Gasteiger partial charge in [-0.2, -0.15) is 5.26 Å². The van der Waals surface area contributed by atoms with Crippen LogP contribution in [0.4, 0.5) is 0 Å². The second kappa shape index (κ2) is 11.0. The Morgan fingerprint density at radius 2 is 1.55 bits per heavy atom. The summed E-state index contributed by atoms with van der Waals surface area (Å²) in [6.07, 6.45) is 1.32. The van der Waals surface area contributed by atoms with E-state index in [0.717, 1.165) is 12.0 Å². The molecule has 0 saturated heterocycles. The third-order valence-electron chi connectivity index (χ3n) is 7.17. The minimum atomic E-state index is -1.12. The van der Waals surface area contributed by atoms with Crippen molar-refractivity contribution < 1.29 is 18.9 Å². The number of nitrogens with zero attached hydrogens (tertiary/aromatic N) is 1. The molecule has 0 spiro atoms. The summed E-state index contributed by atoms with van der Waals surface area (Å²) in [7, 11) is 8.31. The van der Waals surface area contributed by atoms with E-state index in [2.05, 4.69) is 37.4 Å². The first-order valence-corrected chi connectivity index (χ1v) is 11.2. The Bertz CT molecular complexity index is 937. The van der Waals surface area contributed by atoms with Gasteiger partial charge in [0.05, 0.1) is 25.8 Å². The highest BCUT2D eigenvalue weighted by Gasteiger charge is 2.64. The van der Waals surface area contributed by atoms with Gasteiger partial charge in [-0.3, -0.25) is 0 Å². The molecule has 2 rings (SSSR count). The van der Waals surface area contributed by atoms with Crippen LogP contribution in [-0.2, 0) is 21.3 Å². The highest BCUT2D eigenvalue weighted by molar-refractivity contribution is 5.50. The summed E-state index contributed by atoms with van der Waals surface area (Å²) < 4.78 is 23.1. The van der Waals surface area contributed by atoms with Gasteiger partial charge in [-0.25, -0.2) is 0 Å². The third-order valence-corrected chi connectivity index (χ3v) is 7.17. The second-order valence-corrected chi connectivity index (χ2v) is 8.64. The van der Waals surface area contributed by atoms with E-state index in [4.69, 9.17) is 18.9 Å². The number of methoxy groups -OCH3 is 4. The fourth-order valence-corrected chi connectivity index (χ4v) is 5.18. The summed E-state index contributed by atoms with van der Waals surface area (Å²) in [5.41, 5.74) is 0.00796. The van der Waals surface area contributed by atoms with Gasteiger partial charge in [0.25, 0.3) is 0 Å². The summed E-state index contributed by atoms with van der Waals surface area (Å²) in [5, 5.41) is 14.5. The number of ether oxygens (including phenoxy) is 4. The number of benzene rings is 2. The Hall–Kier alpha value is -2.59. The zero-order chi connectivity index (χ0) is 24.7. The summed E-state index contributed by atoms with van der Waals surface area (Å²) in [6.45, 7) is 6.00. The Labute approximate surface area is 198 Å². The largest absolute Gasteiger partial charge is 0.493 e. The Kier molecular flexibility index (Phi) is 8.90. The van der Waals surface area contributed by atoms with Gasteiger partial charge in [0.1, 0.15) is 5.41 Å². The molecule has 0 aliphatic carbocycles. The molecule has 0 radical (unpaired) electrons. The Morgan fingerprint density at radius 1 is 0.939 bits per heavy atom. The molecule has 0 bridgehead atoms. The van der Waals surface area contributed by atoms with E-state index < -0.39 is 16.7 Å². The van der Waals surface area contributed by atoms with Crippen LogP contribution in [0, 0.1) is 17.2 Å². The van der Waals surface area contributed by atoms with Gasteiger partial charge in [-0.05, 0) is 56.0 Å². The summed E-state index contributed by atoms with van der Waals surface area (Å²) >= 11 is 0. The lowest BCUT2D eigenvalue weighted by atomic mass is 9.55. The first kappa shape index (κ1) is 26.7. The number of rotatable bonds is 12. The first-order valence-electron chi connectivity index (χ1n) is 11.2. The highest BCUT2D eigenvalue weighted by Crippen LogP contribution is 2.51. The predicted molar refractivity (Wildman–Crippen MR) is 131 cm³/mol. The molecule has 0 heterocycles. The quantitative estimate of drug-likeness (QED) is 0.468. The molecular weight excluding hydrogens is 416 g/mol. The molecule has 0 amide bonds. The number of likely N-dealkylation sites (N-methyl/N-ethyl adjacent to an activating group) is 1. The molecule has 6 nitrogen and oxygen atoms in total. The first-order chi connectivity index (χ1) is 15.8. The topological polar surface area (TPSA) is 72.7 Å². The maximum atomic E-state index is 10.9. The number of nitrogens with one attached hydrogen (secondary N) is 1. The van der Waals surface area contributed by atoms with E-state index in [-0.39, 0.29) is 5.92 Å². The van der Waals surface area contributed by atoms with Gasteiger partial charge in [-0.15, -0.1) is 0 Å². The minimum Gasteiger partial charge on any atom is -0.493 e. The molecule has 2 atom stereocenters. The van der Waals surface area contributed by atoms with Crippen LogP contribution in [0.3, 0.4) is 0 Å². The Balaban J connectivity index is 2.85. The number of nitriles is 1. The summed E-state index contributed by atoms with van der Waals surface area (Å²) in [4.78, 5) is 0. The van der Waals surface area contributed by atoms with Crippen LogP contribution in [0.2, 0.25) is 0 Å². The van der Waals surface area contributed by atoms with Crippen molar-refractivity contribution in [2.45, 2.75) is 50.4 Å². The van der Waals surface area contributed by atoms with Gasteiger partial charge in [0.2, 0.25) is 0 Å². The third kappa shape index (κ3) is 4.46. The molecule has 33 heavy (non-hydrogen) atoms. The predicted octanol–water partition coefficient (Wildman–Crippen LogP) is 4.72. The zero-order valence-electron chi connectivity index (χ0n) is 21.2. The van der Waals surface area contributed by atoms with Crippen molar-refractivity contribution in [2.75, 3.05) is 35.5 Å². The average Bonchev–Trinajstić information content (AvgIpc) is 2.86. The molecule has 2 aromatic rings. The van der Waals surface area contributed by atoms with Crippen molar-refractivity contribution >= 4 is 0 Å². The van der Waals surface area contributed by atoms with Gasteiger partial charge in [0, 0.05) is 14.2 Å². The van der Waals surface area contributed by atoms with Crippen molar-refractivity contribution in [1.29, 1.82) is 5.26 Å². The van der Waals surface area contributed by atoms with Gasteiger partial charge >= 0.3 is 0 Å². The van der Waals surface area contributed by atoms with Crippen molar-refractivity contribution in [3.05, 3.63) is 59.7 Å². The normalized spacial score (nSPS) is 15.4. The molecular formula is C27H38N2O4. The minimum absolute atomic E-state index is 0.103. The standard InChI is InChI=1S/C27H38N2O4/c1-20(2)26(19-28,22-14-15-23(30-5)24(18-22)31-6)27(29-4,25(3,32-7)33-8)17-16-21-12-10-9-11-13-21/h9-15,18,20,29H,16-17H2,1-8H3. The maximum absolute atomic E-state index is 10.9. The summed E-state index contributed by atoms with van der Waals surface area (Å²) in [6, 6.07) is 18.6. The van der Waals surface area contributed by atoms with E-state index in [1.807, 2.05) is 50.4 Å². The van der Waals surface area contributed by atoms with Crippen LogP contribution in [-0.4, -0.2) is 46.8 Å². The summed E-state index contributed by atoms with van der Waals surface area (Å²) in [5.74, 6) is -0.0466. The smallest absolute Gasteiger partial charge is 0.184 e. The van der Waals surface area contributed by atoms with E-state index in [1.165, 1.54) is 5.56 Å². The maximum Gasteiger partial charge on any atom is 0.184 e. The SMILES string of the molecule is CNC(CCc1ccccc1)(C(C)(OC)OC)C(C#N)(c1ccc(OC)c(OC)c1)C(C)C. The molecule has 2 unspecified atom stereocenters. The van der Waals surface area contributed by atoms with Crippen LogP contribution < -0.4 is 14.8 Å². The van der Waals surface area contributed by atoms with E-state index in [1.54, 1.807) is 28.4 Å². The molecule has 6 heteroatoms. The average molecular weight is 455 g/mol. The van der Waals surface area contributed by atoms with Crippen LogP contribution >= 0.6 is 0 Å². The second-order valence-electron chi connectivity index (χ2n) is 8.64. The van der Waals surface area contributed by atoms with Crippen LogP contribution in [0.15, 0.2) is 48.5 Å². The number of hydrogen-bond acceptors (Lipinski definition) is 6. The number of hydrogen-bond donors (Lipinski definition) is 1. The lowest BCUT2D eigenvalue weighted by molar-refractivity contribution is -0.258. The number of aryl methyl sites for hydroxylation is 1. The zero-order valence-corrected chi connectivity index (χ0v) is 21.2. The molecule has 0 aliphatic heterocycles. The van der Waals surface area contributed by atoms with Crippen molar-refractivity contribution in [3.63, 3.8) is 0 Å². The van der Waals surface area contributed by atoms with Crippen LogP contribution in [0.5, 0.6) is 11.5 Å². The molecule has 0 saturated carbocycles. The molecule has 2 aromatic carbocycles. The van der Waals surface area contributed by atoms with Crippen LogP contribution in [0.25, 0.3) is 0 Å².